The van der Waals surface area contributed by atoms with E-state index >= 15 is 0 Å². The molecular formula is C13H16O3. The van der Waals surface area contributed by atoms with Crippen LogP contribution in [0.2, 0.25) is 0 Å². The van der Waals surface area contributed by atoms with Crippen LogP contribution in [0.15, 0.2) is 24.3 Å². The maximum atomic E-state index is 9.29. The van der Waals surface area contributed by atoms with Gasteiger partial charge in [-0.3, -0.25) is 0 Å². The highest BCUT2D eigenvalue weighted by Gasteiger charge is 2.12. The van der Waals surface area contributed by atoms with Crippen molar-refractivity contribution in [1.82, 2.24) is 0 Å². The lowest BCUT2D eigenvalue weighted by Crippen LogP contribution is -2.15. The summed E-state index contributed by atoms with van der Waals surface area (Å²) >= 11 is 0. The maximum absolute atomic E-state index is 9.29. The highest BCUT2D eigenvalue weighted by molar-refractivity contribution is 5.67. The lowest BCUT2D eigenvalue weighted by Gasteiger charge is -2.19. The van der Waals surface area contributed by atoms with Crippen molar-refractivity contribution in [1.29, 1.82) is 0 Å². The van der Waals surface area contributed by atoms with E-state index in [-0.39, 0.29) is 0 Å². The number of ether oxygens (including phenoxy) is 2. The van der Waals surface area contributed by atoms with Crippen molar-refractivity contribution in [2.75, 3.05) is 13.2 Å². The molecule has 1 unspecified atom stereocenters. The molecule has 0 radical (unpaired) electrons. The average Bonchev–Trinajstić information content (AvgIpc) is 2.27. The van der Waals surface area contributed by atoms with Gasteiger partial charge in [-0.05, 0) is 37.1 Å². The van der Waals surface area contributed by atoms with Crippen LogP contribution >= 0.6 is 0 Å². The number of aliphatic hydroxyl groups is 1. The van der Waals surface area contributed by atoms with Crippen molar-refractivity contribution >= 4 is 5.57 Å². The van der Waals surface area contributed by atoms with Gasteiger partial charge in [0, 0.05) is 0 Å². The highest BCUT2D eigenvalue weighted by atomic mass is 16.6. The zero-order valence-corrected chi connectivity index (χ0v) is 9.56. The molecule has 0 saturated carbocycles. The smallest absolute Gasteiger partial charge is 0.161 e. The van der Waals surface area contributed by atoms with Crippen molar-refractivity contribution < 1.29 is 14.6 Å². The predicted octanol–water partition coefficient (Wildman–Crippen LogP) is 2.24. The van der Waals surface area contributed by atoms with Crippen molar-refractivity contribution in [3.8, 4) is 11.5 Å². The zero-order chi connectivity index (χ0) is 11.5. The first kappa shape index (κ1) is 11.0. The third kappa shape index (κ3) is 2.36. The number of aliphatic hydroxyl groups excluding tert-OH is 1. The first-order chi connectivity index (χ1) is 7.66. The van der Waals surface area contributed by atoms with Crippen molar-refractivity contribution in [3.63, 3.8) is 0 Å². The van der Waals surface area contributed by atoms with Crippen LogP contribution in [-0.4, -0.2) is 24.4 Å². The van der Waals surface area contributed by atoms with Crippen LogP contribution in [0, 0.1) is 0 Å². The van der Waals surface area contributed by atoms with Gasteiger partial charge >= 0.3 is 0 Å². The van der Waals surface area contributed by atoms with E-state index in [1.54, 1.807) is 6.92 Å². The first-order valence-electron chi connectivity index (χ1n) is 5.43. The summed E-state index contributed by atoms with van der Waals surface area (Å²) in [4.78, 5) is 0. The number of benzene rings is 1. The maximum Gasteiger partial charge on any atom is 0.161 e. The van der Waals surface area contributed by atoms with E-state index in [0.29, 0.717) is 13.2 Å². The lowest BCUT2D eigenvalue weighted by molar-refractivity contribution is 0.171. The molecule has 1 N–H and O–H groups in total. The van der Waals surface area contributed by atoms with Crippen LogP contribution in [-0.2, 0) is 0 Å². The van der Waals surface area contributed by atoms with Crippen LogP contribution in [0.5, 0.6) is 11.5 Å². The largest absolute Gasteiger partial charge is 0.486 e. The van der Waals surface area contributed by atoms with E-state index in [4.69, 9.17) is 9.47 Å². The highest BCUT2D eigenvalue weighted by Crippen LogP contribution is 2.32. The van der Waals surface area contributed by atoms with Crippen molar-refractivity contribution in [2.24, 2.45) is 0 Å². The Morgan fingerprint density at radius 1 is 1.31 bits per heavy atom. The molecule has 1 atom stereocenters. The van der Waals surface area contributed by atoms with Crippen molar-refractivity contribution in [2.45, 2.75) is 20.0 Å². The standard InChI is InChI=1S/C13H16O3/c1-9(7-10(2)14)11-3-4-12-13(8-11)16-6-5-15-12/h3-4,7-8,10,14H,5-6H2,1-2H3/b9-7-. The lowest BCUT2D eigenvalue weighted by atomic mass is 10.1. The first-order valence-corrected chi connectivity index (χ1v) is 5.43. The van der Waals surface area contributed by atoms with Gasteiger partial charge in [0.2, 0.25) is 0 Å². The van der Waals surface area contributed by atoms with Gasteiger partial charge in [-0.25, -0.2) is 0 Å². The molecule has 1 aliphatic heterocycles. The van der Waals surface area contributed by atoms with E-state index in [1.165, 1.54) is 0 Å². The van der Waals surface area contributed by atoms with Gasteiger partial charge in [0.05, 0.1) is 6.10 Å². The minimum absolute atomic E-state index is 0.437. The Hall–Kier alpha value is -1.48. The second kappa shape index (κ2) is 4.58. The zero-order valence-electron chi connectivity index (χ0n) is 9.56. The molecule has 0 fully saturated rings. The van der Waals surface area contributed by atoms with Gasteiger partial charge in [0.25, 0.3) is 0 Å². The summed E-state index contributed by atoms with van der Waals surface area (Å²) in [6.45, 7) is 4.91. The fourth-order valence-electron chi connectivity index (χ4n) is 1.75. The molecule has 0 amide bonds. The molecule has 1 aromatic rings. The molecular weight excluding hydrogens is 204 g/mol. The second-order valence-electron chi connectivity index (χ2n) is 3.95. The van der Waals surface area contributed by atoms with Crippen LogP contribution in [0.4, 0.5) is 0 Å². The fraction of sp³-hybridized carbons (Fsp3) is 0.385. The Kier molecular flexibility index (Phi) is 3.15. The number of fused-ring (bicyclic) bond motifs is 1. The monoisotopic (exact) mass is 220 g/mol. The average molecular weight is 220 g/mol. The van der Waals surface area contributed by atoms with Crippen LogP contribution in [0.1, 0.15) is 19.4 Å². The topological polar surface area (TPSA) is 38.7 Å². The number of hydrogen-bond donors (Lipinski definition) is 1. The third-order valence-electron chi connectivity index (χ3n) is 2.49. The van der Waals surface area contributed by atoms with E-state index < -0.39 is 6.10 Å². The fourth-order valence-corrected chi connectivity index (χ4v) is 1.75. The Balaban J connectivity index is 2.30. The third-order valence-corrected chi connectivity index (χ3v) is 2.49. The number of rotatable bonds is 2. The summed E-state index contributed by atoms with van der Waals surface area (Å²) in [7, 11) is 0. The van der Waals surface area contributed by atoms with E-state index in [1.807, 2.05) is 31.2 Å². The van der Waals surface area contributed by atoms with Gasteiger partial charge < -0.3 is 14.6 Å². The second-order valence-corrected chi connectivity index (χ2v) is 3.95. The van der Waals surface area contributed by atoms with Gasteiger partial charge in [-0.2, -0.15) is 0 Å². The molecule has 16 heavy (non-hydrogen) atoms. The molecule has 2 rings (SSSR count). The van der Waals surface area contributed by atoms with E-state index in [9.17, 15) is 5.11 Å². The van der Waals surface area contributed by atoms with Crippen LogP contribution in [0.25, 0.3) is 5.57 Å². The van der Waals surface area contributed by atoms with Gasteiger partial charge in [-0.15, -0.1) is 0 Å². The number of hydrogen-bond acceptors (Lipinski definition) is 3. The summed E-state index contributed by atoms with van der Waals surface area (Å²) in [5.74, 6) is 1.57. The Bertz CT molecular complexity index is 408. The molecule has 0 spiro atoms. The van der Waals surface area contributed by atoms with Crippen LogP contribution in [0.3, 0.4) is 0 Å². The molecule has 3 nitrogen and oxygen atoms in total. The molecule has 0 saturated heterocycles. The van der Waals surface area contributed by atoms with Gasteiger partial charge in [0.1, 0.15) is 13.2 Å². The molecule has 3 heteroatoms. The van der Waals surface area contributed by atoms with Gasteiger partial charge in [-0.1, -0.05) is 12.1 Å². The molecule has 0 bridgehead atoms. The van der Waals surface area contributed by atoms with Crippen LogP contribution < -0.4 is 9.47 Å². The minimum Gasteiger partial charge on any atom is -0.486 e. The molecule has 1 heterocycles. The summed E-state index contributed by atoms with van der Waals surface area (Å²) in [5, 5.41) is 9.29. The molecule has 86 valence electrons. The molecule has 0 aromatic heterocycles. The molecule has 1 aliphatic rings. The summed E-state index contributed by atoms with van der Waals surface area (Å²) < 4.78 is 10.9. The Morgan fingerprint density at radius 3 is 2.69 bits per heavy atom. The summed E-state index contributed by atoms with van der Waals surface area (Å²) in [6.07, 6.45) is 1.37. The molecule has 0 aliphatic carbocycles. The SMILES string of the molecule is C/C(=C/C(C)O)c1ccc2c(c1)OCCO2. The van der Waals surface area contributed by atoms with E-state index in [2.05, 4.69) is 0 Å². The predicted molar refractivity (Wildman–Crippen MR) is 62.8 cm³/mol. The normalized spacial score (nSPS) is 17.1. The quantitative estimate of drug-likeness (QED) is 0.830. The Morgan fingerprint density at radius 2 is 2.00 bits per heavy atom. The summed E-state index contributed by atoms with van der Waals surface area (Å²) in [5.41, 5.74) is 2.08. The number of allylic oxidation sites excluding steroid dienone is 1. The summed E-state index contributed by atoms with van der Waals surface area (Å²) in [6, 6.07) is 5.83. The van der Waals surface area contributed by atoms with E-state index in [0.717, 1.165) is 22.6 Å². The Labute approximate surface area is 95.3 Å². The molecule has 1 aromatic carbocycles. The van der Waals surface area contributed by atoms with Crippen molar-refractivity contribution in [3.05, 3.63) is 29.8 Å². The van der Waals surface area contributed by atoms with Gasteiger partial charge in [0.15, 0.2) is 11.5 Å². The minimum atomic E-state index is -0.437.